The van der Waals surface area contributed by atoms with Crippen molar-refractivity contribution in [2.45, 2.75) is 17.1 Å². The van der Waals surface area contributed by atoms with E-state index in [-0.39, 0.29) is 16.3 Å². The third-order valence-electron chi connectivity index (χ3n) is 3.82. The van der Waals surface area contributed by atoms with Gasteiger partial charge >= 0.3 is 12.1 Å². The quantitative estimate of drug-likeness (QED) is 0.298. The van der Waals surface area contributed by atoms with E-state index in [1.54, 1.807) is 5.48 Å². The zero-order valence-electron chi connectivity index (χ0n) is 15.5. The molecule has 0 heterocycles. The normalized spacial score (nSPS) is 12.9. The van der Waals surface area contributed by atoms with E-state index in [0.29, 0.717) is 6.07 Å². The van der Waals surface area contributed by atoms with Gasteiger partial charge in [-0.2, -0.15) is 17.9 Å². The monoisotopic (exact) mass is 486 g/mol. The summed E-state index contributed by atoms with van der Waals surface area (Å²) in [4.78, 5) is 10.8. The van der Waals surface area contributed by atoms with E-state index in [1.165, 1.54) is 16.9 Å². The molecule has 0 radical (unpaired) electrons. The van der Waals surface area contributed by atoms with Crippen LogP contribution >= 0.6 is 11.6 Å². The second kappa shape index (κ2) is 9.68. The molecule has 2 rings (SSSR count). The van der Waals surface area contributed by atoms with Crippen LogP contribution in [0.3, 0.4) is 0 Å². The van der Waals surface area contributed by atoms with Gasteiger partial charge in [0.25, 0.3) is 0 Å². The number of nitrogens with one attached hydrogen (secondary N) is 2. The Morgan fingerprint density at radius 2 is 1.90 bits per heavy atom. The molecular formula is C17H15ClF4N2O6S. The van der Waals surface area contributed by atoms with E-state index in [2.05, 4.69) is 4.74 Å². The van der Waals surface area contributed by atoms with Gasteiger partial charge in [0.2, 0.25) is 10.0 Å². The molecular weight excluding hydrogens is 472 g/mol. The van der Waals surface area contributed by atoms with Crippen molar-refractivity contribution in [2.24, 2.45) is 0 Å². The van der Waals surface area contributed by atoms with Crippen molar-refractivity contribution in [3.63, 3.8) is 0 Å². The molecule has 1 unspecified atom stereocenters. The van der Waals surface area contributed by atoms with Crippen LogP contribution in [0.15, 0.2) is 41.3 Å². The van der Waals surface area contributed by atoms with Crippen LogP contribution in [-0.2, 0) is 14.8 Å². The number of rotatable bonds is 8. The minimum atomic E-state index is -5.12. The first-order valence-corrected chi connectivity index (χ1v) is 10.0. The lowest BCUT2D eigenvalue weighted by atomic mass is 10.2. The first kappa shape index (κ1) is 24.7. The summed E-state index contributed by atoms with van der Waals surface area (Å²) >= 11 is 5.79. The van der Waals surface area contributed by atoms with Crippen molar-refractivity contribution in [1.29, 1.82) is 0 Å². The zero-order valence-corrected chi connectivity index (χ0v) is 17.1. The van der Waals surface area contributed by atoms with Gasteiger partial charge in [-0.25, -0.2) is 17.6 Å². The molecule has 0 aliphatic rings. The molecule has 14 heteroatoms. The summed E-state index contributed by atoms with van der Waals surface area (Å²) in [5.41, 5.74) is 0.824. The van der Waals surface area contributed by atoms with E-state index >= 15 is 0 Å². The summed E-state index contributed by atoms with van der Waals surface area (Å²) in [5, 5.41) is 8.64. The van der Waals surface area contributed by atoms with Gasteiger partial charge in [-0.3, -0.25) is 10.7 Å². The standard InChI is InChI=1S/C17H15ClF4N2O6S/c1-29-16(25)9-6-11(19)13(7-10(9)18)30-8-15(17(20,21)22)24-31(27,28)14-5-3-2-4-12(14)23-26/h2-7,15,23-24,26H,8H2,1H3. The minimum absolute atomic E-state index is 0.352. The van der Waals surface area contributed by atoms with Crippen molar-refractivity contribution in [3.05, 3.63) is 52.8 Å². The first-order valence-electron chi connectivity index (χ1n) is 8.19. The number of methoxy groups -OCH3 is 1. The van der Waals surface area contributed by atoms with Gasteiger partial charge in [0, 0.05) is 6.07 Å². The lowest BCUT2D eigenvalue weighted by Crippen LogP contribution is -2.49. The molecule has 0 saturated carbocycles. The number of hydrogen-bond donors (Lipinski definition) is 3. The Morgan fingerprint density at radius 1 is 1.26 bits per heavy atom. The molecule has 0 spiro atoms. The predicted molar refractivity (Wildman–Crippen MR) is 100 cm³/mol. The Labute approximate surface area is 178 Å². The molecule has 3 N–H and O–H groups in total. The highest BCUT2D eigenvalue weighted by atomic mass is 35.5. The van der Waals surface area contributed by atoms with Crippen molar-refractivity contribution < 1.29 is 45.5 Å². The molecule has 2 aromatic rings. The fraction of sp³-hybridized carbons (Fsp3) is 0.235. The topological polar surface area (TPSA) is 114 Å². The number of esters is 1. The van der Waals surface area contributed by atoms with Crippen LogP contribution < -0.4 is 14.9 Å². The Morgan fingerprint density at radius 3 is 2.48 bits per heavy atom. The molecule has 0 saturated heterocycles. The number of alkyl halides is 3. The van der Waals surface area contributed by atoms with Crippen molar-refractivity contribution in [1.82, 2.24) is 4.72 Å². The largest absolute Gasteiger partial charge is 0.488 e. The van der Waals surface area contributed by atoms with Gasteiger partial charge in [-0.15, -0.1) is 0 Å². The van der Waals surface area contributed by atoms with E-state index in [1.807, 2.05) is 0 Å². The molecule has 31 heavy (non-hydrogen) atoms. The maximum Gasteiger partial charge on any atom is 0.408 e. The van der Waals surface area contributed by atoms with Crippen molar-refractivity contribution >= 4 is 33.3 Å². The lowest BCUT2D eigenvalue weighted by Gasteiger charge is -2.22. The molecule has 0 fully saturated rings. The Bertz CT molecular complexity index is 1070. The van der Waals surface area contributed by atoms with E-state index in [4.69, 9.17) is 21.5 Å². The number of benzene rings is 2. The second-order valence-electron chi connectivity index (χ2n) is 5.89. The zero-order chi connectivity index (χ0) is 23.4. The molecule has 0 aromatic heterocycles. The van der Waals surface area contributed by atoms with Crippen LogP contribution in [0, 0.1) is 5.82 Å². The summed E-state index contributed by atoms with van der Waals surface area (Å²) in [5.74, 6) is -2.94. The number of sulfonamides is 1. The number of para-hydroxylation sites is 1. The van der Waals surface area contributed by atoms with Gasteiger partial charge in [-0.05, 0) is 18.2 Å². The van der Waals surface area contributed by atoms with Crippen molar-refractivity contribution in [2.75, 3.05) is 19.2 Å². The summed E-state index contributed by atoms with van der Waals surface area (Å²) < 4.78 is 89.7. The summed E-state index contributed by atoms with van der Waals surface area (Å²) in [6.07, 6.45) is -5.12. The van der Waals surface area contributed by atoms with Crippen LogP contribution in [0.1, 0.15) is 10.4 Å². The Kier molecular flexibility index (Phi) is 7.70. The van der Waals surface area contributed by atoms with Gasteiger partial charge in [-0.1, -0.05) is 23.7 Å². The molecule has 2 aromatic carbocycles. The van der Waals surface area contributed by atoms with Gasteiger partial charge < -0.3 is 9.47 Å². The number of ether oxygens (including phenoxy) is 2. The van der Waals surface area contributed by atoms with Gasteiger partial charge in [0.15, 0.2) is 17.6 Å². The number of carbonyl (C=O) groups excluding carboxylic acids is 1. The SMILES string of the molecule is COC(=O)c1cc(F)c(OCC(NS(=O)(=O)c2ccccc2NO)C(F)(F)F)cc1Cl. The average molecular weight is 487 g/mol. The van der Waals surface area contributed by atoms with E-state index in [0.717, 1.165) is 25.3 Å². The van der Waals surface area contributed by atoms with Gasteiger partial charge in [0.05, 0.1) is 23.4 Å². The van der Waals surface area contributed by atoms with E-state index in [9.17, 15) is 30.8 Å². The molecule has 8 nitrogen and oxygen atoms in total. The van der Waals surface area contributed by atoms with Crippen LogP contribution in [-0.4, -0.2) is 45.5 Å². The van der Waals surface area contributed by atoms with Crippen molar-refractivity contribution in [3.8, 4) is 5.75 Å². The molecule has 0 amide bonds. The maximum atomic E-state index is 14.1. The van der Waals surface area contributed by atoms with Gasteiger partial charge in [0.1, 0.15) is 11.5 Å². The summed E-state index contributed by atoms with van der Waals surface area (Å²) in [6, 6.07) is 3.23. The van der Waals surface area contributed by atoms with Crippen LogP contribution in [0.5, 0.6) is 5.75 Å². The molecule has 0 aliphatic carbocycles. The second-order valence-corrected chi connectivity index (χ2v) is 7.98. The number of carbonyl (C=O) groups is 1. The minimum Gasteiger partial charge on any atom is -0.488 e. The highest BCUT2D eigenvalue weighted by Gasteiger charge is 2.43. The Balaban J connectivity index is 2.28. The van der Waals surface area contributed by atoms with Crippen LogP contribution in [0.25, 0.3) is 0 Å². The smallest absolute Gasteiger partial charge is 0.408 e. The molecule has 1 atom stereocenters. The number of hydrogen-bond acceptors (Lipinski definition) is 7. The molecule has 170 valence electrons. The average Bonchev–Trinajstić information content (AvgIpc) is 2.71. The molecule has 0 aliphatic heterocycles. The van der Waals surface area contributed by atoms with Crippen LogP contribution in [0.2, 0.25) is 5.02 Å². The highest BCUT2D eigenvalue weighted by Crippen LogP contribution is 2.29. The number of halogens is 5. The first-order chi connectivity index (χ1) is 14.4. The lowest BCUT2D eigenvalue weighted by molar-refractivity contribution is -0.157. The summed E-state index contributed by atoms with van der Waals surface area (Å²) in [7, 11) is -3.76. The summed E-state index contributed by atoms with van der Waals surface area (Å²) in [6.45, 7) is -1.36. The maximum absolute atomic E-state index is 14.1. The third kappa shape index (κ3) is 5.97. The predicted octanol–water partition coefficient (Wildman–Crippen LogP) is 3.36. The third-order valence-corrected chi connectivity index (χ3v) is 5.66. The Hall–Kier alpha value is -2.61. The van der Waals surface area contributed by atoms with E-state index < -0.39 is 51.3 Å². The highest BCUT2D eigenvalue weighted by molar-refractivity contribution is 7.89. The van der Waals surface area contributed by atoms with Crippen LogP contribution in [0.4, 0.5) is 23.2 Å². The number of anilines is 1. The fourth-order valence-corrected chi connectivity index (χ4v) is 3.91. The fourth-order valence-electron chi connectivity index (χ4n) is 2.32. The molecule has 0 bridgehead atoms.